The summed E-state index contributed by atoms with van der Waals surface area (Å²) in [4.78, 5) is 0.844. The monoisotopic (exact) mass is 218 g/mol. The van der Waals surface area contributed by atoms with Gasteiger partial charge in [-0.3, -0.25) is 0 Å². The molecule has 0 atom stereocenters. The molecule has 1 rings (SSSR count). The van der Waals surface area contributed by atoms with Crippen molar-refractivity contribution in [2.45, 2.75) is 4.90 Å². The van der Waals surface area contributed by atoms with Gasteiger partial charge in [-0.1, -0.05) is 6.07 Å². The largest absolute Gasteiger partial charge is 0.494 e. The van der Waals surface area contributed by atoms with Crippen LogP contribution in [0.3, 0.4) is 0 Å². The Morgan fingerprint density at radius 3 is 2.60 bits per heavy atom. The summed E-state index contributed by atoms with van der Waals surface area (Å²) in [5, 5.41) is 0. The van der Waals surface area contributed by atoms with Gasteiger partial charge in [0.15, 0.2) is 0 Å². The first-order chi connectivity index (χ1) is 4.75. The maximum absolute atomic E-state index is 5.05. The second-order valence-electron chi connectivity index (χ2n) is 1.79. The molecule has 10 heavy (non-hydrogen) atoms. The van der Waals surface area contributed by atoms with Crippen molar-refractivity contribution in [3.05, 3.63) is 22.7 Å². The van der Waals surface area contributed by atoms with Gasteiger partial charge in [0.2, 0.25) is 0 Å². The number of halogens is 1. The molecule has 0 N–H and O–H groups in total. The minimum Gasteiger partial charge on any atom is -0.494 e. The van der Waals surface area contributed by atoms with Gasteiger partial charge in [-0.2, -0.15) is 0 Å². The Labute approximate surface area is 73.9 Å². The van der Waals surface area contributed by atoms with Crippen LogP contribution in [-0.2, 0) is 0 Å². The third kappa shape index (κ3) is 1.47. The predicted molar refractivity (Wildman–Crippen MR) is 47.9 cm³/mol. The fourth-order valence-electron chi connectivity index (χ4n) is 0.700. The molecule has 0 aliphatic carbocycles. The van der Waals surface area contributed by atoms with Crippen molar-refractivity contribution in [2.24, 2.45) is 0 Å². The molecule has 0 saturated heterocycles. The highest BCUT2D eigenvalue weighted by Gasteiger charge is 2.00. The van der Waals surface area contributed by atoms with Crippen LogP contribution in [0.25, 0.3) is 0 Å². The van der Waals surface area contributed by atoms with Crippen LogP contribution >= 0.6 is 28.6 Å². The molecule has 1 aromatic carbocycles. The quantitative estimate of drug-likeness (QED) is 0.714. The molecule has 0 spiro atoms. The van der Waals surface area contributed by atoms with Crippen LogP contribution in [-0.4, -0.2) is 7.11 Å². The number of rotatable bonds is 1. The molecular weight excluding hydrogens is 212 g/mol. The van der Waals surface area contributed by atoms with Crippen molar-refractivity contribution in [3.63, 3.8) is 0 Å². The molecule has 0 bridgehead atoms. The van der Waals surface area contributed by atoms with Crippen molar-refractivity contribution in [1.82, 2.24) is 0 Å². The van der Waals surface area contributed by atoms with Crippen LogP contribution in [0.4, 0.5) is 0 Å². The molecule has 1 nitrogen and oxygen atoms in total. The first-order valence-electron chi connectivity index (χ1n) is 2.77. The smallest absolute Gasteiger partial charge is 0.146 e. The third-order valence-corrected chi connectivity index (χ3v) is 2.13. The summed E-state index contributed by atoms with van der Waals surface area (Å²) in [6, 6.07) is 5.71. The van der Waals surface area contributed by atoms with Crippen LogP contribution in [0.15, 0.2) is 27.6 Å². The number of ether oxygens (including phenoxy) is 1. The van der Waals surface area contributed by atoms with Gasteiger partial charge in [0.05, 0.1) is 11.6 Å². The minimum atomic E-state index is 0.783. The van der Waals surface area contributed by atoms with Crippen LogP contribution in [0, 0.1) is 0 Å². The van der Waals surface area contributed by atoms with E-state index in [4.69, 9.17) is 4.74 Å². The minimum absolute atomic E-state index is 0.783. The van der Waals surface area contributed by atoms with E-state index in [0.717, 1.165) is 15.1 Å². The van der Waals surface area contributed by atoms with E-state index in [-0.39, 0.29) is 0 Å². The summed E-state index contributed by atoms with van der Waals surface area (Å²) < 4.78 is 5.99. The molecule has 0 aliphatic heterocycles. The molecule has 54 valence electrons. The Bertz CT molecular complexity index is 217. The summed E-state index contributed by atoms with van der Waals surface area (Å²) in [6.45, 7) is 0. The van der Waals surface area contributed by atoms with Crippen molar-refractivity contribution >= 4 is 28.6 Å². The normalized spacial score (nSPS) is 9.50. The van der Waals surface area contributed by atoms with Gasteiger partial charge in [0.25, 0.3) is 0 Å². The molecule has 0 aliphatic rings. The van der Waals surface area contributed by atoms with Crippen molar-refractivity contribution in [3.8, 4) is 5.75 Å². The summed E-state index contributed by atoms with van der Waals surface area (Å²) in [5.74, 6) is 0.783. The van der Waals surface area contributed by atoms with Crippen molar-refractivity contribution in [1.29, 1.82) is 0 Å². The van der Waals surface area contributed by atoms with Gasteiger partial charge in [-0.05, 0) is 28.1 Å². The molecule has 0 saturated carbocycles. The second kappa shape index (κ2) is 3.30. The Balaban J connectivity index is 3.17. The van der Waals surface area contributed by atoms with E-state index >= 15 is 0 Å². The zero-order valence-electron chi connectivity index (χ0n) is 5.47. The lowest BCUT2D eigenvalue weighted by molar-refractivity contribution is 0.402. The molecule has 0 unspecified atom stereocenters. The average Bonchev–Trinajstić information content (AvgIpc) is 1.88. The van der Waals surface area contributed by atoms with Crippen LogP contribution in [0.5, 0.6) is 5.75 Å². The summed E-state index contributed by atoms with van der Waals surface area (Å²) in [6.07, 6.45) is 0. The third-order valence-electron chi connectivity index (χ3n) is 1.15. The fraction of sp³-hybridized carbons (Fsp3) is 0.143. The maximum Gasteiger partial charge on any atom is 0.146 e. The Hall–Kier alpha value is -0.150. The number of thiol groups is 1. The number of hydrogen-bond donors (Lipinski definition) is 1. The van der Waals surface area contributed by atoms with Gasteiger partial charge in [0.1, 0.15) is 5.75 Å². The van der Waals surface area contributed by atoms with Crippen molar-refractivity contribution in [2.75, 3.05) is 7.11 Å². The lowest BCUT2D eigenvalue weighted by atomic mass is 10.3. The van der Waals surface area contributed by atoms with E-state index < -0.39 is 0 Å². The average molecular weight is 219 g/mol. The molecule has 1 aromatic rings. The van der Waals surface area contributed by atoms with E-state index in [0.29, 0.717) is 0 Å². The Morgan fingerprint density at radius 1 is 1.50 bits per heavy atom. The van der Waals surface area contributed by atoms with E-state index in [9.17, 15) is 0 Å². The fourth-order valence-corrected chi connectivity index (χ4v) is 1.68. The van der Waals surface area contributed by atoms with Gasteiger partial charge < -0.3 is 4.74 Å². The number of para-hydroxylation sites is 1. The van der Waals surface area contributed by atoms with Crippen LogP contribution in [0.1, 0.15) is 0 Å². The Kier molecular flexibility index (Phi) is 2.63. The highest BCUT2D eigenvalue weighted by atomic mass is 79.9. The van der Waals surface area contributed by atoms with Gasteiger partial charge in [-0.25, -0.2) is 0 Å². The molecular formula is C7H7BrOS. The SMILES string of the molecule is COc1c(S)cccc1Br. The lowest BCUT2D eigenvalue weighted by Crippen LogP contribution is -1.84. The van der Waals surface area contributed by atoms with Crippen LogP contribution in [0.2, 0.25) is 0 Å². The van der Waals surface area contributed by atoms with E-state index in [2.05, 4.69) is 28.6 Å². The summed E-state index contributed by atoms with van der Waals surface area (Å²) >= 11 is 7.53. The topological polar surface area (TPSA) is 9.23 Å². The van der Waals surface area contributed by atoms with E-state index in [1.54, 1.807) is 7.11 Å². The molecule has 0 radical (unpaired) electrons. The zero-order valence-corrected chi connectivity index (χ0v) is 7.95. The molecule has 3 heteroatoms. The standard InChI is InChI=1S/C7H7BrOS/c1-9-7-5(8)3-2-4-6(7)10/h2-4,10H,1H3. The number of benzene rings is 1. The summed E-state index contributed by atoms with van der Waals surface area (Å²) in [7, 11) is 1.62. The van der Waals surface area contributed by atoms with E-state index in [1.165, 1.54) is 0 Å². The van der Waals surface area contributed by atoms with Gasteiger partial charge in [0, 0.05) is 4.90 Å². The number of methoxy groups -OCH3 is 1. The first-order valence-corrected chi connectivity index (χ1v) is 4.01. The van der Waals surface area contributed by atoms with E-state index in [1.807, 2.05) is 18.2 Å². The summed E-state index contributed by atoms with van der Waals surface area (Å²) in [5.41, 5.74) is 0. The van der Waals surface area contributed by atoms with Gasteiger partial charge >= 0.3 is 0 Å². The highest BCUT2D eigenvalue weighted by Crippen LogP contribution is 2.30. The zero-order chi connectivity index (χ0) is 7.56. The number of hydrogen-bond acceptors (Lipinski definition) is 2. The molecule has 0 aromatic heterocycles. The molecule has 0 heterocycles. The molecule has 0 fully saturated rings. The predicted octanol–water partition coefficient (Wildman–Crippen LogP) is 2.75. The van der Waals surface area contributed by atoms with Crippen molar-refractivity contribution < 1.29 is 4.74 Å². The van der Waals surface area contributed by atoms with Gasteiger partial charge in [-0.15, -0.1) is 12.6 Å². The highest BCUT2D eigenvalue weighted by molar-refractivity contribution is 9.10. The van der Waals surface area contributed by atoms with Crippen LogP contribution < -0.4 is 4.74 Å². The lowest BCUT2D eigenvalue weighted by Gasteiger charge is -2.04. The first kappa shape index (κ1) is 7.95. The second-order valence-corrected chi connectivity index (χ2v) is 3.13. The molecule has 0 amide bonds. The maximum atomic E-state index is 5.05. The Morgan fingerprint density at radius 2 is 2.20 bits per heavy atom.